The number of hydrogen-bond donors (Lipinski definition) is 0. The summed E-state index contributed by atoms with van der Waals surface area (Å²) in [6.07, 6.45) is 0. The average Bonchev–Trinajstić information content (AvgIpc) is 1.41. The molecule has 0 heterocycles. The second-order valence-corrected chi connectivity index (χ2v) is 21.1. The summed E-state index contributed by atoms with van der Waals surface area (Å²) in [4.78, 5) is 0. The van der Waals surface area contributed by atoms with E-state index in [0.29, 0.717) is 0 Å². The minimum Gasteiger partial charge on any atom is -0.271 e. The number of hydrogen-bond acceptors (Lipinski definition) is 3. The zero-order valence-electron chi connectivity index (χ0n) is 5.97. The third-order valence-corrected chi connectivity index (χ3v) is 0. The molecule has 0 aliphatic carbocycles. The summed E-state index contributed by atoms with van der Waals surface area (Å²) in [5, 5.41) is -9.67. The zero-order valence-corrected chi connectivity index (χ0v) is 15.5. The molecule has 0 saturated carbocycles. The van der Waals surface area contributed by atoms with Crippen LogP contribution in [0.2, 0.25) is 0 Å². The molecule has 0 aromatic carbocycles. The third-order valence-electron chi connectivity index (χ3n) is 0. The maximum atomic E-state index is 9.51. The van der Waals surface area contributed by atoms with Gasteiger partial charge in [0.1, 0.15) is 0 Å². The molecular formula is Cl9O3P3. The second-order valence-electron chi connectivity index (χ2n) is 1.20. The summed E-state index contributed by atoms with van der Waals surface area (Å²) >= 11 is 41.5. The van der Waals surface area contributed by atoms with Crippen molar-refractivity contribution in [1.29, 1.82) is 0 Å². The van der Waals surface area contributed by atoms with Crippen LogP contribution in [-0.2, 0) is 13.7 Å². The molecule has 0 saturated heterocycles. The Morgan fingerprint density at radius 1 is 0.400 bits per heavy atom. The number of halogens is 9. The van der Waals surface area contributed by atoms with Crippen molar-refractivity contribution in [3.63, 3.8) is 0 Å². The molecule has 0 atom stereocenters. The lowest BCUT2D eigenvalue weighted by Gasteiger charge is -1.74. The van der Waals surface area contributed by atoms with E-state index in [2.05, 4.69) is 101 Å². The van der Waals surface area contributed by atoms with Gasteiger partial charge >= 0.3 is 15.6 Å². The van der Waals surface area contributed by atoms with Crippen molar-refractivity contribution in [2.24, 2.45) is 0 Å². The lowest BCUT2D eigenvalue weighted by atomic mass is 16.0. The molecule has 0 radical (unpaired) electrons. The highest BCUT2D eigenvalue weighted by molar-refractivity contribution is 8.25. The van der Waals surface area contributed by atoms with E-state index >= 15 is 0 Å². The molecule has 0 fully saturated rings. The van der Waals surface area contributed by atoms with E-state index in [1.54, 1.807) is 0 Å². The molecule has 0 aliphatic rings. The highest BCUT2D eigenvalue weighted by atomic mass is 36.1. The topological polar surface area (TPSA) is 51.2 Å². The van der Waals surface area contributed by atoms with E-state index in [4.69, 9.17) is 0 Å². The average molecular weight is 460 g/mol. The van der Waals surface area contributed by atoms with Gasteiger partial charge in [0.25, 0.3) is 0 Å². The maximum Gasteiger partial charge on any atom is 0.339 e. The fourth-order valence-electron chi connectivity index (χ4n) is 0. The van der Waals surface area contributed by atoms with Crippen molar-refractivity contribution in [3.8, 4) is 0 Å². The minimum absolute atomic E-state index is 3.22. The Labute approximate surface area is 129 Å². The Morgan fingerprint density at radius 3 is 0.400 bits per heavy atom. The molecule has 0 spiro atoms. The van der Waals surface area contributed by atoms with Crippen molar-refractivity contribution in [2.45, 2.75) is 0 Å². The highest BCUT2D eigenvalue weighted by Gasteiger charge is 2.03. The van der Waals surface area contributed by atoms with Gasteiger partial charge < -0.3 is 0 Å². The predicted octanol–water partition coefficient (Wildman–Crippen LogP) is 8.43. The Morgan fingerprint density at radius 2 is 0.400 bits per heavy atom. The van der Waals surface area contributed by atoms with Gasteiger partial charge in [-0.1, -0.05) is 0 Å². The summed E-state index contributed by atoms with van der Waals surface area (Å²) in [6, 6.07) is 0. The van der Waals surface area contributed by atoms with E-state index in [9.17, 15) is 13.7 Å². The van der Waals surface area contributed by atoms with Gasteiger partial charge in [0.2, 0.25) is 0 Å². The molecule has 0 aromatic rings. The molecule has 0 aromatic heterocycles. The van der Waals surface area contributed by atoms with Crippen LogP contribution in [0.1, 0.15) is 0 Å². The van der Waals surface area contributed by atoms with Crippen LogP contribution >= 0.6 is 117 Å². The van der Waals surface area contributed by atoms with E-state index < -0.39 is 15.6 Å². The van der Waals surface area contributed by atoms with Crippen molar-refractivity contribution in [1.82, 2.24) is 0 Å². The fraction of sp³-hybridized carbons (Fsp3) is 0. The second kappa shape index (κ2) is 10.1. The maximum absolute atomic E-state index is 9.51. The molecule has 0 aliphatic heterocycles. The van der Waals surface area contributed by atoms with Crippen molar-refractivity contribution in [2.75, 3.05) is 0 Å². The number of rotatable bonds is 0. The Bertz CT molecular complexity index is 207. The molecule has 15 heavy (non-hydrogen) atoms. The van der Waals surface area contributed by atoms with Gasteiger partial charge in [-0.2, -0.15) is 0 Å². The van der Waals surface area contributed by atoms with Gasteiger partial charge in [0, 0.05) is 0 Å². The summed E-state index contributed by atoms with van der Waals surface area (Å²) in [7, 11) is 0. The van der Waals surface area contributed by atoms with Crippen LogP contribution < -0.4 is 0 Å². The third kappa shape index (κ3) is 372. The SMILES string of the molecule is O=P(Cl)(Cl)Cl.O=P(Cl)(Cl)Cl.O=P(Cl)(Cl)Cl. The lowest BCUT2D eigenvalue weighted by molar-refractivity contribution is 0.599. The molecular weight excluding hydrogens is 460 g/mol. The van der Waals surface area contributed by atoms with Gasteiger partial charge in [-0.25, -0.2) is 0 Å². The fourth-order valence-corrected chi connectivity index (χ4v) is 0. The minimum atomic E-state index is -3.22. The van der Waals surface area contributed by atoms with E-state index in [0.717, 1.165) is 0 Å². The predicted molar refractivity (Wildman–Crippen MR) is 75.5 cm³/mol. The van der Waals surface area contributed by atoms with E-state index in [1.165, 1.54) is 0 Å². The smallest absolute Gasteiger partial charge is 0.271 e. The first kappa shape index (κ1) is 23.4. The van der Waals surface area contributed by atoms with Gasteiger partial charge in [0.05, 0.1) is 0 Å². The quantitative estimate of drug-likeness (QED) is 0.341. The first-order chi connectivity index (χ1) is 6.00. The summed E-state index contributed by atoms with van der Waals surface area (Å²) in [5.74, 6) is 0. The van der Waals surface area contributed by atoms with Gasteiger partial charge in [-0.15, -0.1) is 0 Å². The zero-order chi connectivity index (χ0) is 13.5. The Hall–Kier alpha value is 3.30. The summed E-state index contributed by atoms with van der Waals surface area (Å²) < 4.78 is 28.5. The highest BCUT2D eigenvalue weighted by Crippen LogP contribution is 2.62. The molecule has 96 valence electrons. The van der Waals surface area contributed by atoms with Crippen molar-refractivity contribution < 1.29 is 13.7 Å². The molecule has 0 rings (SSSR count). The van der Waals surface area contributed by atoms with Gasteiger partial charge in [0.15, 0.2) is 0 Å². The van der Waals surface area contributed by atoms with Crippen LogP contribution in [0.5, 0.6) is 0 Å². The van der Waals surface area contributed by atoms with Gasteiger partial charge in [-0.05, 0) is 101 Å². The van der Waals surface area contributed by atoms with Crippen molar-refractivity contribution >= 4 is 117 Å². The molecule has 0 amide bonds. The van der Waals surface area contributed by atoms with Crippen LogP contribution in [0.15, 0.2) is 0 Å². The van der Waals surface area contributed by atoms with Crippen molar-refractivity contribution in [3.05, 3.63) is 0 Å². The first-order valence-electron chi connectivity index (χ1n) is 2.07. The van der Waals surface area contributed by atoms with Gasteiger partial charge in [-0.3, -0.25) is 13.7 Å². The van der Waals surface area contributed by atoms with Crippen LogP contribution in [0.4, 0.5) is 0 Å². The normalized spacial score (nSPS) is 11.8. The molecule has 3 nitrogen and oxygen atoms in total. The van der Waals surface area contributed by atoms with Crippen LogP contribution in [0.3, 0.4) is 0 Å². The Kier molecular flexibility index (Phi) is 15.8. The monoisotopic (exact) mass is 456 g/mol. The summed E-state index contributed by atoms with van der Waals surface area (Å²) in [6.45, 7) is 0. The van der Waals surface area contributed by atoms with Crippen LogP contribution in [0.25, 0.3) is 0 Å². The first-order valence-corrected chi connectivity index (χ1v) is 15.3. The largest absolute Gasteiger partial charge is 0.339 e. The van der Waals surface area contributed by atoms with Crippen LogP contribution in [-0.4, -0.2) is 0 Å². The van der Waals surface area contributed by atoms with Crippen LogP contribution in [0, 0.1) is 0 Å². The van der Waals surface area contributed by atoms with E-state index in [-0.39, 0.29) is 0 Å². The molecule has 0 bridgehead atoms. The molecule has 0 N–H and O–H groups in total. The molecule has 0 unspecified atom stereocenters. The standard InChI is InChI=1S/3Cl3OP/c3*1-5(2,3)4. The molecule has 15 heteroatoms. The lowest BCUT2D eigenvalue weighted by Crippen LogP contribution is -1.19. The van der Waals surface area contributed by atoms with E-state index in [1.807, 2.05) is 0 Å². The summed E-state index contributed by atoms with van der Waals surface area (Å²) in [5.41, 5.74) is 0. The Balaban J connectivity index is -0.000000144.